The van der Waals surface area contributed by atoms with Gasteiger partial charge < -0.3 is 0 Å². The smallest absolute Gasteiger partial charge is 0.0635 e. The molecule has 48 valence electrons. The second kappa shape index (κ2) is 2.44. The predicted molar refractivity (Wildman–Crippen MR) is 43.2 cm³/mol. The topological polar surface area (TPSA) is 0 Å². The van der Waals surface area contributed by atoms with Gasteiger partial charge in [0.2, 0.25) is 0 Å². The van der Waals surface area contributed by atoms with Crippen molar-refractivity contribution in [2.75, 3.05) is 0 Å². The molecular formula is C8H10S. The first-order valence-electron chi connectivity index (χ1n) is 6.72. The monoisotopic (exact) mass is 147 g/mol. The Bertz CT molecular complexity index is 444. The van der Waals surface area contributed by atoms with E-state index in [0.29, 0.717) is 0 Å². The third-order valence-electron chi connectivity index (χ3n) is 0.793. The van der Waals surface area contributed by atoms with E-state index in [0.717, 1.165) is 0 Å². The number of rotatable bonds is 0. The van der Waals surface area contributed by atoms with Gasteiger partial charge in [0, 0.05) is 13.1 Å². The van der Waals surface area contributed by atoms with E-state index >= 15 is 0 Å². The molecule has 1 aromatic rings. The molecule has 0 aliphatic heterocycles. The highest BCUT2D eigenvalue weighted by Gasteiger charge is 1.89. The maximum Gasteiger partial charge on any atom is 0.0635 e. The first-order valence-corrected chi connectivity index (χ1v) is 2.67. The maximum atomic E-state index is 7.66. The molecule has 0 amide bonds. The van der Waals surface area contributed by atoms with Gasteiger partial charge in [0.1, 0.15) is 0 Å². The maximum absolute atomic E-state index is 7.66. The van der Waals surface area contributed by atoms with Crippen molar-refractivity contribution >= 4 is 12.6 Å². The second-order valence-corrected chi connectivity index (χ2v) is 1.92. The fourth-order valence-electron chi connectivity index (χ4n) is 0.400. The van der Waals surface area contributed by atoms with Gasteiger partial charge in [0.25, 0.3) is 0 Å². The Labute approximate surface area is 74.0 Å². The zero-order valence-corrected chi connectivity index (χ0v) is 5.34. The number of benzene rings is 1. The summed E-state index contributed by atoms with van der Waals surface area (Å²) in [6.07, 6.45) is 0. The van der Waals surface area contributed by atoms with E-state index in [1.165, 1.54) is 0 Å². The first-order chi connectivity index (χ1) is 7.89. The van der Waals surface area contributed by atoms with Crippen LogP contribution in [0.1, 0.15) is 23.5 Å². The molecule has 9 heavy (non-hydrogen) atoms. The summed E-state index contributed by atoms with van der Waals surface area (Å²) in [7, 11) is 0. The lowest BCUT2D eigenvalue weighted by atomic mass is 10.2. The summed E-state index contributed by atoms with van der Waals surface area (Å²) in [6, 6.07) is -2.04. The average molecular weight is 147 g/mol. The number of thiol groups is 1. The summed E-state index contributed by atoms with van der Waals surface area (Å²) in [4.78, 5) is -0.349. The van der Waals surface area contributed by atoms with E-state index in [1.54, 1.807) is 0 Å². The molecule has 0 heterocycles. The quantitative estimate of drug-likeness (QED) is 0.536. The van der Waals surface area contributed by atoms with Crippen LogP contribution in [0.4, 0.5) is 0 Å². The van der Waals surface area contributed by atoms with Gasteiger partial charge in [-0.2, -0.15) is 0 Å². The first kappa shape index (κ1) is 1.59. The van der Waals surface area contributed by atoms with E-state index in [-0.39, 0.29) is 4.90 Å². The highest BCUT2D eigenvalue weighted by molar-refractivity contribution is 7.80. The average Bonchev–Trinajstić information content (AvgIpc) is 2.09. The van der Waals surface area contributed by atoms with Gasteiger partial charge in [-0.3, -0.25) is 0 Å². The van der Waals surface area contributed by atoms with Crippen LogP contribution >= 0.6 is 12.6 Å². The van der Waals surface area contributed by atoms with Crippen molar-refractivity contribution in [3.8, 4) is 0 Å². The lowest BCUT2D eigenvalue weighted by Gasteiger charge is -1.97. The minimum atomic E-state index is -2.81. The fraction of sp³-hybridized carbons (Fsp3) is 0.250. The largest absolute Gasteiger partial charge is 0.143 e. The van der Waals surface area contributed by atoms with Gasteiger partial charge in [-0.05, 0) is 25.3 Å². The lowest BCUT2D eigenvalue weighted by Crippen LogP contribution is -1.76. The third-order valence-corrected chi connectivity index (χ3v) is 1.13. The molecule has 0 unspecified atom stereocenters. The third kappa shape index (κ3) is 1.49. The van der Waals surface area contributed by atoms with Crippen LogP contribution in [0.2, 0.25) is 0 Å². The Hall–Kier alpha value is -0.430. The Balaban J connectivity index is 3.83. The fourth-order valence-corrected chi connectivity index (χ4v) is 0.511. The van der Waals surface area contributed by atoms with Gasteiger partial charge in [0.05, 0.1) is 4.11 Å². The van der Waals surface area contributed by atoms with E-state index in [2.05, 4.69) is 12.6 Å². The normalized spacial score (nSPS) is 27.0. The van der Waals surface area contributed by atoms with Gasteiger partial charge >= 0.3 is 0 Å². The number of hydrogen-bond acceptors (Lipinski definition) is 1. The molecule has 0 aliphatic carbocycles. The minimum Gasteiger partial charge on any atom is -0.143 e. The minimum absolute atomic E-state index is 0.349. The summed E-state index contributed by atoms with van der Waals surface area (Å²) in [5.74, 6) is 0. The SMILES string of the molecule is [2H]c1c([2H])c(C([2H])([2H])[2H])c([2H])c(C([2H])([2H])[2H])c1S. The van der Waals surface area contributed by atoms with Crippen LogP contribution in [0.25, 0.3) is 0 Å². The molecule has 0 fully saturated rings. The highest BCUT2D eigenvalue weighted by atomic mass is 32.1. The predicted octanol–water partition coefficient (Wildman–Crippen LogP) is 2.59. The van der Waals surface area contributed by atoms with E-state index in [4.69, 9.17) is 12.3 Å². The van der Waals surface area contributed by atoms with E-state index in [1.807, 2.05) is 0 Å². The zero-order chi connectivity index (χ0) is 14.5. The van der Waals surface area contributed by atoms with Crippen molar-refractivity contribution in [3.63, 3.8) is 0 Å². The van der Waals surface area contributed by atoms with Crippen LogP contribution in [-0.2, 0) is 0 Å². The molecule has 1 heteroatoms. The Morgan fingerprint density at radius 2 is 2.44 bits per heavy atom. The summed E-state index contributed by atoms with van der Waals surface area (Å²) in [5.41, 5.74) is -1.32. The van der Waals surface area contributed by atoms with Crippen LogP contribution < -0.4 is 0 Å². The van der Waals surface area contributed by atoms with Crippen LogP contribution in [0.3, 0.4) is 0 Å². The van der Waals surface area contributed by atoms with Crippen LogP contribution in [0.15, 0.2) is 23.0 Å². The molecule has 1 aromatic carbocycles. The molecule has 0 aromatic heterocycles. The van der Waals surface area contributed by atoms with E-state index in [9.17, 15) is 0 Å². The number of hydrogen-bond donors (Lipinski definition) is 1. The van der Waals surface area contributed by atoms with Crippen LogP contribution in [0.5, 0.6) is 0 Å². The van der Waals surface area contributed by atoms with Crippen molar-refractivity contribution < 1.29 is 12.3 Å². The van der Waals surface area contributed by atoms with Crippen molar-refractivity contribution in [1.29, 1.82) is 0 Å². The molecule has 0 aliphatic rings. The molecule has 0 radical (unpaired) electrons. The van der Waals surface area contributed by atoms with Gasteiger partial charge in [-0.25, -0.2) is 0 Å². The second-order valence-electron chi connectivity index (χ2n) is 1.47. The van der Waals surface area contributed by atoms with Crippen molar-refractivity contribution in [3.05, 3.63) is 29.3 Å². The van der Waals surface area contributed by atoms with Crippen molar-refractivity contribution in [2.24, 2.45) is 0 Å². The summed E-state index contributed by atoms with van der Waals surface area (Å²) >= 11 is 3.82. The summed E-state index contributed by atoms with van der Waals surface area (Å²) < 4.78 is 66.2. The Morgan fingerprint density at radius 3 is 3.11 bits per heavy atom. The molecule has 0 saturated heterocycles. The molecular weight excluding hydrogens is 128 g/mol. The van der Waals surface area contributed by atoms with Crippen LogP contribution in [-0.4, -0.2) is 0 Å². The van der Waals surface area contributed by atoms with Crippen LogP contribution in [0, 0.1) is 13.7 Å². The van der Waals surface area contributed by atoms with Crippen molar-refractivity contribution in [1.82, 2.24) is 0 Å². The Kier molecular flexibility index (Phi) is 0.431. The molecule has 0 spiro atoms. The molecule has 0 N–H and O–H groups in total. The highest BCUT2D eigenvalue weighted by Crippen LogP contribution is 2.13. The van der Waals surface area contributed by atoms with Gasteiger partial charge in [-0.1, -0.05) is 17.6 Å². The Morgan fingerprint density at radius 1 is 1.56 bits per heavy atom. The van der Waals surface area contributed by atoms with Gasteiger partial charge in [0.15, 0.2) is 0 Å². The van der Waals surface area contributed by atoms with Crippen molar-refractivity contribution in [2.45, 2.75) is 18.6 Å². The molecule has 0 bridgehead atoms. The van der Waals surface area contributed by atoms with E-state index < -0.39 is 43.0 Å². The lowest BCUT2D eigenvalue weighted by molar-refractivity contribution is 1.27. The molecule has 0 atom stereocenters. The summed E-state index contributed by atoms with van der Waals surface area (Å²) in [5, 5.41) is 0. The zero-order valence-electron chi connectivity index (χ0n) is 13.4. The standard InChI is InChI=1S/C8H10S/c1-6-3-4-8(9)7(2)5-6/h3-5,9H,1-2H3/i1D3,2D3,3D,4D,5D. The molecule has 0 saturated carbocycles. The molecule has 0 nitrogen and oxygen atoms in total. The molecule has 1 rings (SSSR count). The summed E-state index contributed by atoms with van der Waals surface area (Å²) in [6.45, 7) is -5.57. The van der Waals surface area contributed by atoms with Gasteiger partial charge in [-0.15, -0.1) is 12.6 Å².